The van der Waals surface area contributed by atoms with Gasteiger partial charge in [-0.2, -0.15) is 8.42 Å². The summed E-state index contributed by atoms with van der Waals surface area (Å²) >= 11 is 0. The van der Waals surface area contributed by atoms with Crippen molar-refractivity contribution in [3.8, 4) is 0 Å². The van der Waals surface area contributed by atoms with Crippen molar-refractivity contribution in [1.29, 1.82) is 0 Å². The molecule has 0 rings (SSSR count). The Morgan fingerprint density at radius 2 is 0.926 bits per heavy atom. The highest BCUT2D eigenvalue weighted by Crippen LogP contribution is 2.18. The number of hydrogen-bond acceptors (Lipinski definition) is 3. The number of rotatable bonds is 20. The third-order valence-electron chi connectivity index (χ3n) is 5.51. The second kappa shape index (κ2) is 17.9. The summed E-state index contributed by atoms with van der Waals surface area (Å²) in [5, 5.41) is 9.24. The Balaban J connectivity index is 3.44. The van der Waals surface area contributed by atoms with Crippen LogP contribution in [0.5, 0.6) is 0 Å². The van der Waals surface area contributed by atoms with Crippen LogP contribution in [0.4, 0.5) is 0 Å². The molecule has 0 aromatic carbocycles. The van der Waals surface area contributed by atoms with E-state index in [1.807, 2.05) is 6.92 Å². The normalized spacial score (nSPS) is 14.4. The van der Waals surface area contributed by atoms with Gasteiger partial charge in [0.05, 0.1) is 11.4 Å². The maximum absolute atomic E-state index is 11.4. The Kier molecular flexibility index (Phi) is 17.8. The molecule has 0 saturated carbocycles. The highest BCUT2D eigenvalue weighted by molar-refractivity contribution is 7.86. The van der Waals surface area contributed by atoms with Gasteiger partial charge < -0.3 is 5.11 Å². The average molecular weight is 407 g/mol. The van der Waals surface area contributed by atoms with Crippen molar-refractivity contribution in [1.82, 2.24) is 0 Å². The Morgan fingerprint density at radius 3 is 1.37 bits per heavy atom. The SMILES string of the molecule is CCCCC(O)CCCCCCCCCCCCC(CCCC)S(=O)(=O)O. The van der Waals surface area contributed by atoms with Crippen LogP contribution in [-0.2, 0) is 10.1 Å². The third-order valence-corrected chi connectivity index (χ3v) is 6.82. The minimum Gasteiger partial charge on any atom is -0.393 e. The molecule has 2 unspecified atom stereocenters. The van der Waals surface area contributed by atoms with Gasteiger partial charge in [0.2, 0.25) is 0 Å². The molecule has 0 spiro atoms. The third kappa shape index (κ3) is 17.7. The fourth-order valence-electron chi connectivity index (χ4n) is 3.62. The standard InChI is InChI=1S/C22H46O4S/c1-3-5-17-21(23)18-15-13-11-9-7-8-10-12-14-16-20-22(19-6-4-2)27(24,25)26/h21-23H,3-20H2,1-2H3,(H,24,25,26). The van der Waals surface area contributed by atoms with Gasteiger partial charge in [0.1, 0.15) is 0 Å². The number of unbranched alkanes of at least 4 members (excludes halogenated alkanes) is 11. The van der Waals surface area contributed by atoms with E-state index in [0.717, 1.165) is 64.2 Å². The molecule has 0 saturated heterocycles. The second-order valence-electron chi connectivity index (χ2n) is 8.19. The quantitative estimate of drug-likeness (QED) is 0.175. The molecule has 164 valence electrons. The molecule has 2 atom stereocenters. The van der Waals surface area contributed by atoms with Gasteiger partial charge in [-0.25, -0.2) is 0 Å². The van der Waals surface area contributed by atoms with Gasteiger partial charge in [0.15, 0.2) is 0 Å². The van der Waals surface area contributed by atoms with E-state index in [-0.39, 0.29) is 6.10 Å². The Morgan fingerprint density at radius 1 is 0.593 bits per heavy atom. The second-order valence-corrected chi connectivity index (χ2v) is 9.88. The highest BCUT2D eigenvalue weighted by Gasteiger charge is 2.21. The molecule has 2 N–H and O–H groups in total. The predicted octanol–water partition coefficient (Wildman–Crippen LogP) is 6.67. The lowest BCUT2D eigenvalue weighted by Gasteiger charge is -2.13. The van der Waals surface area contributed by atoms with E-state index < -0.39 is 15.4 Å². The summed E-state index contributed by atoms with van der Waals surface area (Å²) in [4.78, 5) is 0. The summed E-state index contributed by atoms with van der Waals surface area (Å²) in [6.07, 6.45) is 19.0. The molecule has 4 nitrogen and oxygen atoms in total. The van der Waals surface area contributed by atoms with E-state index in [2.05, 4.69) is 6.92 Å². The molecule has 0 amide bonds. The van der Waals surface area contributed by atoms with Crippen molar-refractivity contribution < 1.29 is 18.1 Å². The lowest BCUT2D eigenvalue weighted by Crippen LogP contribution is -2.20. The molecule has 0 aromatic rings. The molecule has 0 aliphatic rings. The number of hydrogen-bond donors (Lipinski definition) is 2. The molecule has 27 heavy (non-hydrogen) atoms. The number of aliphatic hydroxyl groups excluding tert-OH is 1. The summed E-state index contributed by atoms with van der Waals surface area (Å²) < 4.78 is 32.0. The topological polar surface area (TPSA) is 74.6 Å². The monoisotopic (exact) mass is 406 g/mol. The van der Waals surface area contributed by atoms with Gasteiger partial charge in [0.25, 0.3) is 10.1 Å². The van der Waals surface area contributed by atoms with E-state index in [1.165, 1.54) is 38.5 Å². The largest absolute Gasteiger partial charge is 0.393 e. The zero-order chi connectivity index (χ0) is 20.4. The molecule has 0 aromatic heterocycles. The van der Waals surface area contributed by atoms with Crippen LogP contribution in [-0.4, -0.2) is 29.4 Å². The summed E-state index contributed by atoms with van der Waals surface area (Å²) in [6, 6.07) is 0. The smallest absolute Gasteiger partial charge is 0.267 e. The number of aliphatic hydroxyl groups is 1. The van der Waals surface area contributed by atoms with E-state index >= 15 is 0 Å². The highest BCUT2D eigenvalue weighted by atomic mass is 32.2. The van der Waals surface area contributed by atoms with Crippen LogP contribution in [0.3, 0.4) is 0 Å². The van der Waals surface area contributed by atoms with E-state index in [0.29, 0.717) is 12.8 Å². The molecule has 0 aliphatic heterocycles. The summed E-state index contributed by atoms with van der Waals surface area (Å²) in [5.41, 5.74) is 0. The lowest BCUT2D eigenvalue weighted by atomic mass is 10.0. The summed E-state index contributed by atoms with van der Waals surface area (Å²) in [5.74, 6) is 0. The van der Waals surface area contributed by atoms with Crippen LogP contribution in [0, 0.1) is 0 Å². The van der Waals surface area contributed by atoms with Crippen LogP contribution in [0.25, 0.3) is 0 Å². The fraction of sp³-hybridized carbons (Fsp3) is 1.00. The maximum Gasteiger partial charge on any atom is 0.267 e. The van der Waals surface area contributed by atoms with Crippen LogP contribution >= 0.6 is 0 Å². The van der Waals surface area contributed by atoms with Gasteiger partial charge in [0, 0.05) is 0 Å². The first-order chi connectivity index (χ1) is 12.9. The lowest BCUT2D eigenvalue weighted by molar-refractivity contribution is 0.148. The van der Waals surface area contributed by atoms with Crippen LogP contribution in [0.2, 0.25) is 0 Å². The van der Waals surface area contributed by atoms with E-state index in [4.69, 9.17) is 0 Å². The molecule has 0 aliphatic carbocycles. The maximum atomic E-state index is 11.4. The van der Waals surface area contributed by atoms with Gasteiger partial charge >= 0.3 is 0 Å². The van der Waals surface area contributed by atoms with E-state index in [9.17, 15) is 18.1 Å². The van der Waals surface area contributed by atoms with Gasteiger partial charge in [-0.05, 0) is 25.7 Å². The molecule has 0 radical (unpaired) electrons. The van der Waals surface area contributed by atoms with Crippen molar-refractivity contribution in [2.24, 2.45) is 0 Å². The zero-order valence-corrected chi connectivity index (χ0v) is 18.8. The van der Waals surface area contributed by atoms with Gasteiger partial charge in [-0.3, -0.25) is 4.55 Å². The molecule has 5 heteroatoms. The van der Waals surface area contributed by atoms with Crippen LogP contribution in [0.15, 0.2) is 0 Å². The first-order valence-corrected chi connectivity index (χ1v) is 13.1. The average Bonchev–Trinajstić information content (AvgIpc) is 2.62. The molecule has 0 heterocycles. The van der Waals surface area contributed by atoms with Crippen LogP contribution < -0.4 is 0 Å². The minimum absolute atomic E-state index is 0.0904. The molecular formula is C22H46O4S. The van der Waals surface area contributed by atoms with Crippen molar-refractivity contribution >= 4 is 10.1 Å². The zero-order valence-electron chi connectivity index (χ0n) is 18.0. The Labute approximate surface area is 169 Å². The molecule has 0 bridgehead atoms. The minimum atomic E-state index is -3.88. The van der Waals surface area contributed by atoms with Crippen molar-refractivity contribution in [2.75, 3.05) is 0 Å². The predicted molar refractivity (Wildman–Crippen MR) is 116 cm³/mol. The first-order valence-electron chi connectivity index (χ1n) is 11.6. The van der Waals surface area contributed by atoms with E-state index in [1.54, 1.807) is 0 Å². The van der Waals surface area contributed by atoms with Crippen molar-refractivity contribution in [3.05, 3.63) is 0 Å². The molecular weight excluding hydrogens is 360 g/mol. The Hall–Kier alpha value is -0.130. The summed E-state index contributed by atoms with van der Waals surface area (Å²) in [7, 11) is -3.88. The fourth-order valence-corrected chi connectivity index (χ4v) is 4.55. The molecule has 0 fully saturated rings. The van der Waals surface area contributed by atoms with Crippen molar-refractivity contribution in [2.45, 2.75) is 141 Å². The summed E-state index contributed by atoms with van der Waals surface area (Å²) in [6.45, 7) is 4.20. The Bertz CT molecular complexity index is 409. The van der Waals surface area contributed by atoms with Crippen molar-refractivity contribution in [3.63, 3.8) is 0 Å². The first kappa shape index (κ1) is 26.9. The van der Waals surface area contributed by atoms with Crippen LogP contribution in [0.1, 0.15) is 129 Å². The van der Waals surface area contributed by atoms with Gasteiger partial charge in [-0.1, -0.05) is 104 Å². The van der Waals surface area contributed by atoms with Gasteiger partial charge in [-0.15, -0.1) is 0 Å².